The number of nitrogens with one attached hydrogen (secondary N) is 1. The van der Waals surface area contributed by atoms with Gasteiger partial charge in [-0.15, -0.1) is 0 Å². The molecule has 0 aromatic heterocycles. The highest BCUT2D eigenvalue weighted by Crippen LogP contribution is 2.35. The van der Waals surface area contributed by atoms with Crippen LogP contribution in [-0.4, -0.2) is 12.3 Å². The zero-order chi connectivity index (χ0) is 10.1. The highest BCUT2D eigenvalue weighted by molar-refractivity contribution is 6.30. The van der Waals surface area contributed by atoms with Crippen LogP contribution in [0, 0.1) is 0 Å². The molecule has 3 heteroatoms. The first-order chi connectivity index (χ1) is 6.66. The molecule has 1 N–H and O–H groups in total. The molecule has 0 fully saturated rings. The second-order valence-corrected chi connectivity index (χ2v) is 4.15. The lowest BCUT2D eigenvalue weighted by molar-refractivity contribution is -0.117. The van der Waals surface area contributed by atoms with Gasteiger partial charge in [0.05, 0.1) is 0 Å². The normalized spacial score (nSPS) is 18.9. The van der Waals surface area contributed by atoms with E-state index in [0.717, 1.165) is 17.3 Å². The van der Waals surface area contributed by atoms with Crippen LogP contribution in [0.15, 0.2) is 18.2 Å². The molecule has 1 unspecified atom stereocenters. The third-order valence-corrected chi connectivity index (χ3v) is 2.76. The summed E-state index contributed by atoms with van der Waals surface area (Å²) in [5.41, 5.74) is 2.29. The fourth-order valence-corrected chi connectivity index (χ4v) is 2.09. The Kier molecular flexibility index (Phi) is 2.46. The van der Waals surface area contributed by atoms with E-state index in [-0.39, 0.29) is 5.78 Å². The van der Waals surface area contributed by atoms with Gasteiger partial charge in [-0.3, -0.25) is 0 Å². The predicted octanol–water partition coefficient (Wildman–Crippen LogP) is 2.83. The minimum Gasteiger partial charge on any atom is -0.384 e. The molecular weight excluding hydrogens is 198 g/mol. The van der Waals surface area contributed by atoms with Crippen molar-refractivity contribution in [3.63, 3.8) is 0 Å². The molecule has 2 nitrogen and oxygen atoms in total. The van der Waals surface area contributed by atoms with E-state index >= 15 is 0 Å². The lowest BCUT2D eigenvalue weighted by atomic mass is 9.96. The van der Waals surface area contributed by atoms with E-state index < -0.39 is 0 Å². The minimum atomic E-state index is 0.227. The maximum Gasteiger partial charge on any atom is 0.130 e. The second-order valence-electron chi connectivity index (χ2n) is 3.72. The Morgan fingerprint density at radius 1 is 1.64 bits per heavy atom. The maximum absolute atomic E-state index is 11.0. The first-order valence-corrected chi connectivity index (χ1v) is 5.07. The number of hydrogen-bond acceptors (Lipinski definition) is 2. The van der Waals surface area contributed by atoms with Crippen molar-refractivity contribution in [2.24, 2.45) is 0 Å². The van der Waals surface area contributed by atoms with E-state index in [4.69, 9.17) is 11.6 Å². The van der Waals surface area contributed by atoms with E-state index in [9.17, 15) is 4.79 Å². The van der Waals surface area contributed by atoms with Gasteiger partial charge in [0.15, 0.2) is 0 Å². The molecule has 0 amide bonds. The quantitative estimate of drug-likeness (QED) is 0.812. The van der Waals surface area contributed by atoms with Gasteiger partial charge in [-0.1, -0.05) is 11.6 Å². The smallest absolute Gasteiger partial charge is 0.130 e. The number of halogens is 1. The summed E-state index contributed by atoms with van der Waals surface area (Å²) in [6, 6.07) is 5.78. The first-order valence-electron chi connectivity index (χ1n) is 4.69. The van der Waals surface area contributed by atoms with Gasteiger partial charge in [0.25, 0.3) is 0 Å². The van der Waals surface area contributed by atoms with Crippen molar-refractivity contribution in [2.45, 2.75) is 19.3 Å². The third kappa shape index (κ3) is 1.75. The summed E-state index contributed by atoms with van der Waals surface area (Å²) in [5, 5.41) is 4.01. The van der Waals surface area contributed by atoms with Crippen LogP contribution >= 0.6 is 11.6 Å². The molecule has 0 saturated carbocycles. The van der Waals surface area contributed by atoms with Crippen molar-refractivity contribution < 1.29 is 4.79 Å². The Morgan fingerprint density at radius 3 is 3.14 bits per heavy atom. The molecule has 1 aliphatic heterocycles. The number of carbonyl (C=O) groups is 1. The van der Waals surface area contributed by atoms with Gasteiger partial charge >= 0.3 is 0 Å². The Labute approximate surface area is 88.3 Å². The number of carbonyl (C=O) groups excluding carboxylic acids is 1. The molecule has 74 valence electrons. The van der Waals surface area contributed by atoms with Gasteiger partial charge in [-0.25, -0.2) is 0 Å². The highest BCUT2D eigenvalue weighted by atomic mass is 35.5. The number of anilines is 1. The number of hydrogen-bond donors (Lipinski definition) is 1. The van der Waals surface area contributed by atoms with Gasteiger partial charge in [0, 0.05) is 29.6 Å². The molecular formula is C11H12ClNO. The van der Waals surface area contributed by atoms with Crippen LogP contribution in [0.1, 0.15) is 24.8 Å². The van der Waals surface area contributed by atoms with Crippen LogP contribution in [0.4, 0.5) is 5.69 Å². The largest absolute Gasteiger partial charge is 0.384 e. The van der Waals surface area contributed by atoms with E-state index in [1.807, 2.05) is 18.2 Å². The van der Waals surface area contributed by atoms with Crippen molar-refractivity contribution in [3.05, 3.63) is 28.8 Å². The van der Waals surface area contributed by atoms with Crippen molar-refractivity contribution in [3.8, 4) is 0 Å². The van der Waals surface area contributed by atoms with E-state index in [0.29, 0.717) is 12.3 Å². The van der Waals surface area contributed by atoms with Crippen LogP contribution < -0.4 is 5.32 Å². The fourth-order valence-electron chi connectivity index (χ4n) is 1.90. The number of Topliss-reactive ketones (excluding diaryl/α,β-unsaturated/α-hetero) is 1. The summed E-state index contributed by atoms with van der Waals surface area (Å²) < 4.78 is 0. The predicted molar refractivity (Wildman–Crippen MR) is 58.0 cm³/mol. The molecule has 1 aliphatic rings. The molecule has 1 aromatic rings. The summed E-state index contributed by atoms with van der Waals surface area (Å²) in [7, 11) is 0. The molecule has 0 radical (unpaired) electrons. The fraction of sp³-hybridized carbons (Fsp3) is 0.364. The zero-order valence-corrected chi connectivity index (χ0v) is 8.77. The zero-order valence-electron chi connectivity index (χ0n) is 8.01. The Bertz CT molecular complexity index is 376. The van der Waals surface area contributed by atoms with Crippen LogP contribution in [0.25, 0.3) is 0 Å². The molecule has 0 saturated heterocycles. The average Bonchev–Trinajstić information content (AvgIpc) is 2.47. The summed E-state index contributed by atoms with van der Waals surface area (Å²) >= 11 is 5.91. The molecule has 0 aliphatic carbocycles. The van der Waals surface area contributed by atoms with Gasteiger partial charge in [-0.2, -0.15) is 0 Å². The Hall–Kier alpha value is -1.02. The summed E-state index contributed by atoms with van der Waals surface area (Å²) in [6.45, 7) is 2.47. The lowest BCUT2D eigenvalue weighted by Crippen LogP contribution is -2.06. The number of benzene rings is 1. The summed E-state index contributed by atoms with van der Waals surface area (Å²) in [4.78, 5) is 11.0. The lowest BCUT2D eigenvalue weighted by Gasteiger charge is -2.07. The van der Waals surface area contributed by atoms with E-state index in [1.54, 1.807) is 6.92 Å². The minimum absolute atomic E-state index is 0.227. The molecule has 1 aromatic carbocycles. The summed E-state index contributed by atoms with van der Waals surface area (Å²) in [5.74, 6) is 0.519. The average molecular weight is 210 g/mol. The van der Waals surface area contributed by atoms with Crippen LogP contribution in [0.2, 0.25) is 5.02 Å². The van der Waals surface area contributed by atoms with E-state index in [2.05, 4.69) is 5.32 Å². The van der Waals surface area contributed by atoms with Gasteiger partial charge in [-0.05, 0) is 30.7 Å². The number of ketones is 1. The molecule has 1 heterocycles. The molecule has 1 atom stereocenters. The van der Waals surface area contributed by atoms with Crippen LogP contribution in [0.5, 0.6) is 0 Å². The van der Waals surface area contributed by atoms with Crippen LogP contribution in [-0.2, 0) is 4.79 Å². The van der Waals surface area contributed by atoms with Crippen molar-refractivity contribution in [2.75, 3.05) is 11.9 Å². The first kappa shape index (κ1) is 9.53. The van der Waals surface area contributed by atoms with Crippen molar-refractivity contribution in [1.82, 2.24) is 0 Å². The number of fused-ring (bicyclic) bond motifs is 1. The topological polar surface area (TPSA) is 29.1 Å². The summed E-state index contributed by atoms with van der Waals surface area (Å²) in [6.07, 6.45) is 0.598. The van der Waals surface area contributed by atoms with Gasteiger partial charge < -0.3 is 10.1 Å². The van der Waals surface area contributed by atoms with Crippen molar-refractivity contribution >= 4 is 23.1 Å². The highest BCUT2D eigenvalue weighted by Gasteiger charge is 2.23. The molecule has 0 bridgehead atoms. The SMILES string of the molecule is CC(=O)CC1CNc2ccc(Cl)cc21. The second kappa shape index (κ2) is 3.62. The van der Waals surface area contributed by atoms with Crippen molar-refractivity contribution in [1.29, 1.82) is 0 Å². The van der Waals surface area contributed by atoms with Crippen LogP contribution in [0.3, 0.4) is 0 Å². The monoisotopic (exact) mass is 209 g/mol. The van der Waals surface area contributed by atoms with E-state index in [1.165, 1.54) is 5.56 Å². The molecule has 2 rings (SSSR count). The van der Waals surface area contributed by atoms with Gasteiger partial charge in [0.1, 0.15) is 5.78 Å². The Morgan fingerprint density at radius 2 is 2.43 bits per heavy atom. The third-order valence-electron chi connectivity index (χ3n) is 2.53. The Balaban J connectivity index is 2.28. The number of rotatable bonds is 2. The standard InChI is InChI=1S/C11H12ClNO/c1-7(14)4-8-6-13-11-3-2-9(12)5-10(8)11/h2-3,5,8,13H,4,6H2,1H3. The molecule has 14 heavy (non-hydrogen) atoms. The van der Waals surface area contributed by atoms with Gasteiger partial charge in [0.2, 0.25) is 0 Å². The maximum atomic E-state index is 11.0. The molecule has 0 spiro atoms.